The van der Waals surface area contributed by atoms with E-state index < -0.39 is 23.8 Å². The van der Waals surface area contributed by atoms with E-state index in [1.54, 1.807) is 36.4 Å². The quantitative estimate of drug-likeness (QED) is 0.477. The van der Waals surface area contributed by atoms with E-state index in [-0.39, 0.29) is 0 Å². The second-order valence-corrected chi connectivity index (χ2v) is 8.22. The van der Waals surface area contributed by atoms with Crippen LogP contribution >= 0.6 is 0 Å². The Kier molecular flexibility index (Phi) is 6.77. The Morgan fingerprint density at radius 2 is 1.51 bits per heavy atom. The number of aromatic nitrogens is 2. The van der Waals surface area contributed by atoms with E-state index in [0.29, 0.717) is 28.5 Å². The van der Waals surface area contributed by atoms with Crippen molar-refractivity contribution in [2.45, 2.75) is 33.7 Å². The van der Waals surface area contributed by atoms with Gasteiger partial charge in [0.25, 0.3) is 11.8 Å². The molecule has 9 heteroatoms. The summed E-state index contributed by atoms with van der Waals surface area (Å²) in [7, 11) is 0. The normalized spacial score (nSPS) is 13.4. The first-order valence-electron chi connectivity index (χ1n) is 11.6. The molecule has 2 N–H and O–H groups in total. The Morgan fingerprint density at radius 1 is 0.943 bits per heavy atom. The smallest absolute Gasteiger partial charge is 0.262 e. The van der Waals surface area contributed by atoms with E-state index in [1.807, 2.05) is 25.1 Å². The molecule has 3 amide bonds. The number of carbonyl (C=O) groups excluding carboxylic acids is 3. The minimum atomic E-state index is -0.956. The summed E-state index contributed by atoms with van der Waals surface area (Å²) < 4.78 is 0. The number of benzene rings is 2. The van der Waals surface area contributed by atoms with E-state index in [9.17, 15) is 14.4 Å². The summed E-state index contributed by atoms with van der Waals surface area (Å²) in [5.74, 6) is 0.832. The van der Waals surface area contributed by atoms with Crippen LogP contribution in [0.3, 0.4) is 0 Å². The summed E-state index contributed by atoms with van der Waals surface area (Å²) >= 11 is 0. The van der Waals surface area contributed by atoms with Crippen LogP contribution in [0.5, 0.6) is 0 Å². The molecule has 0 saturated carbocycles. The number of hydrogen-bond acceptors (Lipinski definition) is 7. The van der Waals surface area contributed by atoms with Crippen LogP contribution in [-0.2, 0) is 4.79 Å². The van der Waals surface area contributed by atoms with Crippen molar-refractivity contribution in [1.29, 1.82) is 0 Å². The lowest BCUT2D eigenvalue weighted by Gasteiger charge is -2.22. The highest BCUT2D eigenvalue weighted by Gasteiger charge is 2.40. The average molecular weight is 473 g/mol. The second-order valence-electron chi connectivity index (χ2n) is 8.22. The largest absolute Gasteiger partial charge is 0.357 e. The zero-order valence-corrected chi connectivity index (χ0v) is 20.2. The summed E-state index contributed by atoms with van der Waals surface area (Å²) in [5.41, 5.74) is 1.97. The Bertz CT molecular complexity index is 1240. The van der Waals surface area contributed by atoms with Crippen molar-refractivity contribution >= 4 is 40.7 Å². The number of anilines is 4. The highest BCUT2D eigenvalue weighted by Crippen LogP contribution is 2.25. The van der Waals surface area contributed by atoms with E-state index in [0.717, 1.165) is 29.5 Å². The Labute approximate surface area is 204 Å². The Balaban J connectivity index is 1.42. The maximum absolute atomic E-state index is 12.8. The zero-order valence-electron chi connectivity index (χ0n) is 20.2. The molecule has 2 heterocycles. The van der Waals surface area contributed by atoms with Gasteiger partial charge in [-0.2, -0.15) is 0 Å². The van der Waals surface area contributed by atoms with Crippen LogP contribution in [-0.4, -0.2) is 51.7 Å². The number of imide groups is 1. The fraction of sp³-hybridized carbons (Fsp3) is 0.269. The van der Waals surface area contributed by atoms with Crippen LogP contribution in [0, 0.1) is 6.92 Å². The number of amides is 3. The number of hydrogen-bond donors (Lipinski definition) is 2. The molecule has 0 radical (unpaired) electrons. The molecule has 2 aromatic carbocycles. The lowest BCUT2D eigenvalue weighted by Crippen LogP contribution is -2.45. The molecule has 9 nitrogen and oxygen atoms in total. The predicted octanol–water partition coefficient (Wildman–Crippen LogP) is 4.00. The summed E-state index contributed by atoms with van der Waals surface area (Å²) in [6.07, 6.45) is 0. The van der Waals surface area contributed by atoms with Gasteiger partial charge < -0.3 is 15.5 Å². The van der Waals surface area contributed by atoms with Crippen molar-refractivity contribution in [3.05, 3.63) is 71.5 Å². The first kappa shape index (κ1) is 23.9. The number of carbonyl (C=O) groups is 3. The van der Waals surface area contributed by atoms with Gasteiger partial charge in [0.15, 0.2) is 0 Å². The fourth-order valence-electron chi connectivity index (χ4n) is 4.03. The van der Waals surface area contributed by atoms with Gasteiger partial charge in [0.1, 0.15) is 23.5 Å². The summed E-state index contributed by atoms with van der Waals surface area (Å²) in [5, 5.41) is 6.05. The van der Waals surface area contributed by atoms with Crippen molar-refractivity contribution in [3.63, 3.8) is 0 Å². The Hall–Kier alpha value is -4.27. The van der Waals surface area contributed by atoms with Crippen LogP contribution in [0.15, 0.2) is 54.6 Å². The van der Waals surface area contributed by atoms with Gasteiger partial charge in [-0.25, -0.2) is 9.97 Å². The number of aryl methyl sites for hydroxylation is 1. The fourth-order valence-corrected chi connectivity index (χ4v) is 4.03. The van der Waals surface area contributed by atoms with Gasteiger partial charge in [-0.15, -0.1) is 0 Å². The van der Waals surface area contributed by atoms with Crippen molar-refractivity contribution < 1.29 is 14.4 Å². The highest BCUT2D eigenvalue weighted by molar-refractivity contribution is 6.23. The third-order valence-electron chi connectivity index (χ3n) is 5.93. The molecule has 0 fully saturated rings. The number of nitrogens with one attached hydrogen (secondary N) is 2. The minimum Gasteiger partial charge on any atom is -0.357 e. The van der Waals surface area contributed by atoms with Crippen LogP contribution in [0.4, 0.5) is 23.0 Å². The van der Waals surface area contributed by atoms with Gasteiger partial charge >= 0.3 is 0 Å². The van der Waals surface area contributed by atoms with Crippen LogP contribution in [0.1, 0.15) is 47.3 Å². The Morgan fingerprint density at radius 3 is 2.09 bits per heavy atom. The molecule has 4 rings (SSSR count). The second kappa shape index (κ2) is 9.92. The van der Waals surface area contributed by atoms with Gasteiger partial charge in [-0.1, -0.05) is 12.1 Å². The molecule has 0 bridgehead atoms. The van der Waals surface area contributed by atoms with Gasteiger partial charge in [-0.3, -0.25) is 19.3 Å². The van der Waals surface area contributed by atoms with E-state index in [4.69, 9.17) is 0 Å². The molecule has 0 spiro atoms. The lowest BCUT2D eigenvalue weighted by atomic mass is 10.1. The molecule has 180 valence electrons. The molecular weight excluding hydrogens is 444 g/mol. The third-order valence-corrected chi connectivity index (χ3v) is 5.93. The minimum absolute atomic E-state index is 0.316. The van der Waals surface area contributed by atoms with E-state index in [2.05, 4.69) is 39.3 Å². The first-order chi connectivity index (χ1) is 16.8. The topological polar surface area (TPSA) is 108 Å². The number of rotatable bonds is 8. The van der Waals surface area contributed by atoms with Gasteiger partial charge in [-0.05, 0) is 64.1 Å². The molecule has 3 aromatic rings. The number of nitrogens with zero attached hydrogens (tertiary/aromatic N) is 4. The van der Waals surface area contributed by atoms with Crippen molar-refractivity contribution in [3.8, 4) is 0 Å². The molecule has 1 aliphatic rings. The molecule has 1 aliphatic heterocycles. The molecule has 1 unspecified atom stereocenters. The first-order valence-corrected chi connectivity index (χ1v) is 11.6. The lowest BCUT2D eigenvalue weighted by molar-refractivity contribution is -0.119. The zero-order chi connectivity index (χ0) is 25.1. The van der Waals surface area contributed by atoms with Crippen LogP contribution in [0.2, 0.25) is 0 Å². The monoisotopic (exact) mass is 472 g/mol. The van der Waals surface area contributed by atoms with Gasteiger partial charge in [0, 0.05) is 30.5 Å². The average Bonchev–Trinajstić information content (AvgIpc) is 3.10. The molecule has 35 heavy (non-hydrogen) atoms. The number of fused-ring (bicyclic) bond motifs is 1. The summed E-state index contributed by atoms with van der Waals surface area (Å²) in [6.45, 7) is 9.25. The van der Waals surface area contributed by atoms with Gasteiger partial charge in [0.05, 0.1) is 11.1 Å². The van der Waals surface area contributed by atoms with Crippen LogP contribution < -0.4 is 15.5 Å². The highest BCUT2D eigenvalue weighted by atomic mass is 16.2. The van der Waals surface area contributed by atoms with Crippen molar-refractivity contribution in [2.75, 3.05) is 28.6 Å². The summed E-state index contributed by atoms with van der Waals surface area (Å²) in [6, 6.07) is 14.6. The van der Waals surface area contributed by atoms with Gasteiger partial charge in [0.2, 0.25) is 5.91 Å². The SMILES string of the molecule is CCN(CC)c1cc(Nc2ccc(NC(=O)C(C)N3C(=O)c4ccccc4C3=O)cc2)nc(C)n1. The van der Waals surface area contributed by atoms with Crippen molar-refractivity contribution in [1.82, 2.24) is 14.9 Å². The molecule has 0 saturated heterocycles. The third kappa shape index (κ3) is 4.84. The predicted molar refractivity (Wildman–Crippen MR) is 135 cm³/mol. The van der Waals surface area contributed by atoms with Crippen molar-refractivity contribution in [2.24, 2.45) is 0 Å². The maximum atomic E-state index is 12.8. The van der Waals surface area contributed by atoms with Crippen LogP contribution in [0.25, 0.3) is 0 Å². The standard InChI is InChI=1S/C26H28N6O3/c1-5-31(6-2)23-15-22(27-17(4)28-23)29-18-11-13-19(14-12-18)30-24(33)16(3)32-25(34)20-9-7-8-10-21(20)26(32)35/h7-16H,5-6H2,1-4H3,(H,30,33)(H,27,28,29). The molecular formula is C26H28N6O3. The summed E-state index contributed by atoms with van der Waals surface area (Å²) in [4.78, 5) is 50.3. The maximum Gasteiger partial charge on any atom is 0.262 e. The molecule has 1 aromatic heterocycles. The van der Waals surface area contributed by atoms with E-state index >= 15 is 0 Å². The van der Waals surface area contributed by atoms with E-state index in [1.165, 1.54) is 6.92 Å². The molecule has 0 aliphatic carbocycles. The molecule has 1 atom stereocenters.